The van der Waals surface area contributed by atoms with Gasteiger partial charge in [-0.25, -0.2) is 0 Å². The highest BCUT2D eigenvalue weighted by Crippen LogP contribution is 2.32. The minimum absolute atomic E-state index is 0.0741. The summed E-state index contributed by atoms with van der Waals surface area (Å²) in [7, 11) is 0. The van der Waals surface area contributed by atoms with Gasteiger partial charge in [0.15, 0.2) is 5.76 Å². The monoisotopic (exact) mass is 431 g/mol. The van der Waals surface area contributed by atoms with Crippen LogP contribution in [0.2, 0.25) is 5.02 Å². The summed E-state index contributed by atoms with van der Waals surface area (Å²) in [6.07, 6.45) is 4.62. The molecule has 2 aliphatic rings. The first-order valence-electron chi connectivity index (χ1n) is 10.8. The Morgan fingerprint density at radius 3 is 2.73 bits per heavy atom. The van der Waals surface area contributed by atoms with Crippen LogP contribution < -0.4 is 10.1 Å². The third-order valence-electron chi connectivity index (χ3n) is 6.00. The van der Waals surface area contributed by atoms with E-state index in [-0.39, 0.29) is 11.9 Å². The van der Waals surface area contributed by atoms with Gasteiger partial charge < -0.3 is 14.6 Å². The smallest absolute Gasteiger partial charge is 0.217 e. The minimum Gasteiger partial charge on any atom is -0.493 e. The van der Waals surface area contributed by atoms with Crippen LogP contribution in [0.3, 0.4) is 0 Å². The molecule has 6 nitrogen and oxygen atoms in total. The van der Waals surface area contributed by atoms with E-state index in [9.17, 15) is 4.79 Å². The first-order chi connectivity index (χ1) is 14.5. The lowest BCUT2D eigenvalue weighted by atomic mass is 9.93. The van der Waals surface area contributed by atoms with E-state index in [0.29, 0.717) is 11.7 Å². The SMILES string of the molecule is CC(=O)N[C@@H](C)c1cc(C2CCN(Cc3ccc(OCC4CC4)cc3Cl)CC2)no1. The number of likely N-dealkylation sites (tertiary alicyclic amines) is 1. The van der Waals surface area contributed by atoms with Gasteiger partial charge >= 0.3 is 0 Å². The molecule has 2 heterocycles. The number of nitrogens with one attached hydrogen (secondary N) is 1. The molecule has 1 aliphatic carbocycles. The molecule has 7 heteroatoms. The highest BCUT2D eigenvalue weighted by atomic mass is 35.5. The van der Waals surface area contributed by atoms with Crippen LogP contribution in [-0.2, 0) is 11.3 Å². The lowest BCUT2D eigenvalue weighted by Crippen LogP contribution is -2.32. The molecular formula is C23H30ClN3O3. The summed E-state index contributed by atoms with van der Waals surface area (Å²) >= 11 is 6.51. The van der Waals surface area contributed by atoms with Crippen LogP contribution in [0, 0.1) is 5.92 Å². The van der Waals surface area contributed by atoms with Crippen molar-refractivity contribution in [2.24, 2.45) is 5.92 Å². The zero-order chi connectivity index (χ0) is 21.1. The summed E-state index contributed by atoms with van der Waals surface area (Å²) in [5.74, 6) is 2.62. The molecule has 1 aromatic heterocycles. The Morgan fingerprint density at radius 1 is 1.30 bits per heavy atom. The molecule has 1 amide bonds. The molecule has 1 N–H and O–H groups in total. The molecular weight excluding hydrogens is 402 g/mol. The number of carbonyl (C=O) groups is 1. The van der Waals surface area contributed by atoms with Crippen molar-refractivity contribution < 1.29 is 14.1 Å². The van der Waals surface area contributed by atoms with Gasteiger partial charge in [-0.05, 0) is 69.3 Å². The van der Waals surface area contributed by atoms with Crippen molar-refractivity contribution in [2.45, 2.75) is 58.0 Å². The number of nitrogens with zero attached hydrogens (tertiary/aromatic N) is 2. The van der Waals surface area contributed by atoms with E-state index >= 15 is 0 Å². The standard InChI is InChI=1S/C23H30ClN3O3/c1-15(25-16(2)28)23-12-22(26-30-23)18-7-9-27(10-8-18)13-19-5-6-20(11-21(19)24)29-14-17-3-4-17/h5-6,11-12,15,17-18H,3-4,7-10,13-14H2,1-2H3,(H,25,28)/t15-/m0/s1. The van der Waals surface area contributed by atoms with E-state index in [4.69, 9.17) is 20.9 Å². The topological polar surface area (TPSA) is 67.6 Å². The molecule has 0 bridgehead atoms. The zero-order valence-electron chi connectivity index (χ0n) is 17.7. The number of rotatable bonds is 8. The maximum Gasteiger partial charge on any atom is 0.217 e. The molecule has 1 saturated carbocycles. The van der Waals surface area contributed by atoms with Crippen LogP contribution in [0.25, 0.3) is 0 Å². The number of benzene rings is 1. The number of ether oxygens (including phenoxy) is 1. The number of carbonyl (C=O) groups excluding carboxylic acids is 1. The summed E-state index contributed by atoms with van der Waals surface area (Å²) < 4.78 is 11.3. The van der Waals surface area contributed by atoms with Crippen molar-refractivity contribution >= 4 is 17.5 Å². The first-order valence-corrected chi connectivity index (χ1v) is 11.2. The quantitative estimate of drug-likeness (QED) is 0.656. The molecule has 1 aliphatic heterocycles. The van der Waals surface area contributed by atoms with Gasteiger partial charge in [0.25, 0.3) is 0 Å². The van der Waals surface area contributed by atoms with Crippen LogP contribution in [0.5, 0.6) is 5.75 Å². The number of halogens is 1. The van der Waals surface area contributed by atoms with E-state index in [1.165, 1.54) is 19.8 Å². The van der Waals surface area contributed by atoms with Crippen LogP contribution in [-0.4, -0.2) is 35.7 Å². The lowest BCUT2D eigenvalue weighted by molar-refractivity contribution is -0.119. The summed E-state index contributed by atoms with van der Waals surface area (Å²) in [5, 5.41) is 7.86. The van der Waals surface area contributed by atoms with Gasteiger partial charge in [0.1, 0.15) is 5.75 Å². The van der Waals surface area contributed by atoms with Gasteiger partial charge in [-0.2, -0.15) is 0 Å². The lowest BCUT2D eigenvalue weighted by Gasteiger charge is -2.31. The molecule has 4 rings (SSSR count). The third kappa shape index (κ3) is 5.55. The summed E-state index contributed by atoms with van der Waals surface area (Å²) in [6.45, 7) is 7.04. The van der Waals surface area contributed by atoms with Crippen molar-refractivity contribution in [3.8, 4) is 5.75 Å². The van der Waals surface area contributed by atoms with Crippen molar-refractivity contribution in [3.63, 3.8) is 0 Å². The van der Waals surface area contributed by atoms with Crippen LogP contribution in [0.1, 0.15) is 68.5 Å². The average molecular weight is 432 g/mol. The Kier molecular flexibility index (Phi) is 6.64. The number of piperidine rings is 1. The second-order valence-electron chi connectivity index (χ2n) is 8.63. The second-order valence-corrected chi connectivity index (χ2v) is 9.04. The van der Waals surface area contributed by atoms with Crippen molar-refractivity contribution in [1.29, 1.82) is 0 Å². The Hall–Kier alpha value is -2.05. The zero-order valence-corrected chi connectivity index (χ0v) is 18.5. The predicted molar refractivity (Wildman–Crippen MR) is 116 cm³/mol. The van der Waals surface area contributed by atoms with Crippen LogP contribution >= 0.6 is 11.6 Å². The summed E-state index contributed by atoms with van der Waals surface area (Å²) in [5.41, 5.74) is 2.12. The van der Waals surface area contributed by atoms with Gasteiger partial charge in [-0.1, -0.05) is 22.8 Å². The molecule has 162 valence electrons. The highest BCUT2D eigenvalue weighted by molar-refractivity contribution is 6.31. The third-order valence-corrected chi connectivity index (χ3v) is 6.35. The number of aromatic nitrogens is 1. The maximum atomic E-state index is 11.2. The summed E-state index contributed by atoms with van der Waals surface area (Å²) in [6, 6.07) is 7.88. The largest absolute Gasteiger partial charge is 0.493 e. The number of amides is 1. The molecule has 0 spiro atoms. The van der Waals surface area contributed by atoms with Crippen molar-refractivity contribution in [3.05, 3.63) is 46.3 Å². The van der Waals surface area contributed by atoms with Crippen molar-refractivity contribution in [2.75, 3.05) is 19.7 Å². The summed E-state index contributed by atoms with van der Waals surface area (Å²) in [4.78, 5) is 13.7. The van der Waals surface area contributed by atoms with E-state index in [2.05, 4.69) is 21.4 Å². The van der Waals surface area contributed by atoms with E-state index < -0.39 is 0 Å². The Labute approximate surface area is 182 Å². The van der Waals surface area contributed by atoms with Gasteiger partial charge in [0.05, 0.1) is 18.3 Å². The maximum absolute atomic E-state index is 11.2. The van der Waals surface area contributed by atoms with Crippen molar-refractivity contribution in [1.82, 2.24) is 15.4 Å². The van der Waals surface area contributed by atoms with Gasteiger partial charge in [-0.3, -0.25) is 9.69 Å². The van der Waals surface area contributed by atoms with Crippen LogP contribution in [0.15, 0.2) is 28.8 Å². The Balaban J connectivity index is 1.27. The normalized spacial score (nSPS) is 18.9. The second kappa shape index (κ2) is 9.40. The molecule has 1 atom stereocenters. The Bertz CT molecular complexity index is 872. The number of hydrogen-bond donors (Lipinski definition) is 1. The fourth-order valence-corrected chi connectivity index (χ4v) is 4.18. The number of hydrogen-bond acceptors (Lipinski definition) is 5. The fraction of sp³-hybridized carbons (Fsp3) is 0.565. The predicted octanol–water partition coefficient (Wildman–Crippen LogP) is 4.69. The van der Waals surface area contributed by atoms with Gasteiger partial charge in [0.2, 0.25) is 5.91 Å². The first kappa shape index (κ1) is 21.2. The minimum atomic E-state index is -0.165. The van der Waals surface area contributed by atoms with E-state index in [1.807, 2.05) is 25.1 Å². The molecule has 1 aromatic carbocycles. The Morgan fingerprint density at radius 2 is 2.07 bits per heavy atom. The fourth-order valence-electron chi connectivity index (χ4n) is 3.95. The highest BCUT2D eigenvalue weighted by Gasteiger charge is 2.25. The van der Waals surface area contributed by atoms with E-state index in [1.54, 1.807) is 0 Å². The molecule has 0 radical (unpaired) electrons. The molecule has 0 unspecified atom stereocenters. The molecule has 2 fully saturated rings. The molecule has 2 aromatic rings. The molecule has 30 heavy (non-hydrogen) atoms. The average Bonchev–Trinajstić information content (AvgIpc) is 3.42. The van der Waals surface area contributed by atoms with Gasteiger partial charge in [0, 0.05) is 30.5 Å². The van der Waals surface area contributed by atoms with Crippen LogP contribution in [0.4, 0.5) is 0 Å². The molecule has 1 saturated heterocycles. The van der Waals surface area contributed by atoms with Gasteiger partial charge in [-0.15, -0.1) is 0 Å². The van der Waals surface area contributed by atoms with E-state index in [0.717, 1.165) is 67.0 Å².